The summed E-state index contributed by atoms with van der Waals surface area (Å²) in [5.74, 6) is -1.47. The van der Waals surface area contributed by atoms with Crippen molar-refractivity contribution in [3.05, 3.63) is 24.1 Å². The van der Waals surface area contributed by atoms with Crippen molar-refractivity contribution < 1.29 is 13.2 Å². The van der Waals surface area contributed by atoms with Crippen LogP contribution < -0.4 is 0 Å². The molecule has 0 atom stereocenters. The molecule has 3 heteroatoms. The highest BCUT2D eigenvalue weighted by Crippen LogP contribution is 2.09. The summed E-state index contributed by atoms with van der Waals surface area (Å²) in [4.78, 5) is 0. The van der Waals surface area contributed by atoms with Crippen LogP contribution in [-0.4, -0.2) is 0 Å². The molecule has 0 amide bonds. The number of hydrogen-bond donors (Lipinski definition) is 0. The van der Waals surface area contributed by atoms with E-state index in [0.717, 1.165) is 0 Å². The van der Waals surface area contributed by atoms with Crippen LogP contribution in [0.15, 0.2) is 24.1 Å². The van der Waals surface area contributed by atoms with Crippen LogP contribution in [0.5, 0.6) is 0 Å². The number of hydrogen-bond acceptors (Lipinski definition) is 0. The van der Waals surface area contributed by atoms with Gasteiger partial charge in [0.25, 0.3) is 0 Å². The van der Waals surface area contributed by atoms with Crippen molar-refractivity contribution >= 4 is 0 Å². The van der Waals surface area contributed by atoms with E-state index in [0.29, 0.717) is 6.08 Å². The number of allylic oxidation sites excluding steroid dienone is 3. The third-order valence-corrected chi connectivity index (χ3v) is 0.494. The van der Waals surface area contributed by atoms with E-state index in [4.69, 9.17) is 0 Å². The quantitative estimate of drug-likeness (QED) is 0.469. The minimum absolute atomic E-state index is 0.704. The van der Waals surface area contributed by atoms with Crippen molar-refractivity contribution in [1.29, 1.82) is 0 Å². The molecule has 0 spiro atoms. The van der Waals surface area contributed by atoms with Gasteiger partial charge in [0.15, 0.2) is 5.83 Å². The molecule has 0 saturated heterocycles. The van der Waals surface area contributed by atoms with Crippen molar-refractivity contribution in [2.75, 3.05) is 0 Å². The summed E-state index contributed by atoms with van der Waals surface area (Å²) in [5, 5.41) is 0. The van der Waals surface area contributed by atoms with Gasteiger partial charge in [-0.25, -0.2) is 4.39 Å². The van der Waals surface area contributed by atoms with Gasteiger partial charge in [0, 0.05) is 0 Å². The molecule has 0 saturated carbocycles. The van der Waals surface area contributed by atoms with Crippen molar-refractivity contribution in [2.24, 2.45) is 0 Å². The first-order chi connectivity index (χ1) is 3.68. The highest BCUT2D eigenvalue weighted by molar-refractivity contribution is 5.09. The third kappa shape index (κ3) is 2.44. The second-order valence-corrected chi connectivity index (χ2v) is 1.11. The lowest BCUT2D eigenvalue weighted by Crippen LogP contribution is -1.64. The van der Waals surface area contributed by atoms with Crippen molar-refractivity contribution in [1.82, 2.24) is 0 Å². The van der Waals surface area contributed by atoms with Crippen LogP contribution in [0.4, 0.5) is 13.2 Å². The second kappa shape index (κ2) is 3.29. The van der Waals surface area contributed by atoms with E-state index < -0.39 is 11.9 Å². The van der Waals surface area contributed by atoms with Gasteiger partial charge in [-0.05, 0) is 13.0 Å². The molecule has 0 aliphatic rings. The Morgan fingerprint density at radius 2 is 1.75 bits per heavy atom. The molecular weight excluding hydrogens is 117 g/mol. The molecule has 0 aromatic heterocycles. The molecule has 46 valence electrons. The lowest BCUT2D eigenvalue weighted by molar-refractivity contribution is 0.387. The highest BCUT2D eigenvalue weighted by atomic mass is 19.3. The molecule has 8 heavy (non-hydrogen) atoms. The first kappa shape index (κ1) is 7.27. The Morgan fingerprint density at radius 3 is 1.88 bits per heavy atom. The Bertz CT molecular complexity index is 120. The molecule has 0 aliphatic carbocycles. The average molecular weight is 122 g/mol. The molecule has 0 N–H and O–H groups in total. The fourth-order valence-electron chi connectivity index (χ4n) is 0.209. The minimum atomic E-state index is -2.27. The molecule has 0 aromatic rings. The van der Waals surface area contributed by atoms with Gasteiger partial charge in [-0.15, -0.1) is 0 Å². The van der Waals surface area contributed by atoms with Gasteiger partial charge in [0.2, 0.25) is 0 Å². The summed E-state index contributed by atoms with van der Waals surface area (Å²) in [6.45, 7) is 1.46. The highest BCUT2D eigenvalue weighted by Gasteiger charge is 1.96. The molecule has 0 bridgehead atoms. The zero-order chi connectivity index (χ0) is 6.57. The molecule has 0 unspecified atom stereocenters. The van der Waals surface area contributed by atoms with Gasteiger partial charge in [0.1, 0.15) is 0 Å². The SMILES string of the molecule is C/C=C/C(F)=C(F)F. The molecule has 0 radical (unpaired) electrons. The zero-order valence-electron chi connectivity index (χ0n) is 4.29. The Hall–Kier alpha value is -0.730. The molecule has 0 nitrogen and oxygen atoms in total. The maximum absolute atomic E-state index is 11.6. The minimum Gasteiger partial charge on any atom is -0.201 e. The van der Waals surface area contributed by atoms with Gasteiger partial charge in [-0.2, -0.15) is 8.78 Å². The Morgan fingerprint density at radius 1 is 1.25 bits per heavy atom. The van der Waals surface area contributed by atoms with Gasteiger partial charge in [0.05, 0.1) is 0 Å². The fourth-order valence-corrected chi connectivity index (χ4v) is 0.209. The molecule has 0 heterocycles. The Kier molecular flexibility index (Phi) is 2.99. The van der Waals surface area contributed by atoms with Crippen molar-refractivity contribution in [3.63, 3.8) is 0 Å². The van der Waals surface area contributed by atoms with Crippen LogP contribution in [0.1, 0.15) is 6.92 Å². The first-order valence-electron chi connectivity index (χ1n) is 2.02. The lowest BCUT2D eigenvalue weighted by atomic mass is 10.5. The van der Waals surface area contributed by atoms with E-state index >= 15 is 0 Å². The predicted molar refractivity (Wildman–Crippen MR) is 25.2 cm³/mol. The first-order valence-corrected chi connectivity index (χ1v) is 2.02. The van der Waals surface area contributed by atoms with Crippen LogP contribution in [0.3, 0.4) is 0 Å². The Balaban J connectivity index is 4.00. The summed E-state index contributed by atoms with van der Waals surface area (Å²) in [6, 6.07) is 0. The van der Waals surface area contributed by atoms with E-state index in [1.807, 2.05) is 0 Å². The van der Waals surface area contributed by atoms with Crippen LogP contribution in [0, 0.1) is 0 Å². The fraction of sp³-hybridized carbons (Fsp3) is 0.200. The van der Waals surface area contributed by atoms with Gasteiger partial charge >= 0.3 is 6.08 Å². The van der Waals surface area contributed by atoms with Gasteiger partial charge in [-0.3, -0.25) is 0 Å². The van der Waals surface area contributed by atoms with E-state index in [1.165, 1.54) is 13.0 Å². The van der Waals surface area contributed by atoms with E-state index in [-0.39, 0.29) is 0 Å². The third-order valence-electron chi connectivity index (χ3n) is 0.494. The number of halogens is 3. The van der Waals surface area contributed by atoms with Crippen molar-refractivity contribution in [2.45, 2.75) is 6.92 Å². The van der Waals surface area contributed by atoms with Crippen LogP contribution in [0.25, 0.3) is 0 Å². The second-order valence-electron chi connectivity index (χ2n) is 1.11. The summed E-state index contributed by atoms with van der Waals surface area (Å²) in [7, 11) is 0. The molecule has 0 rings (SSSR count). The lowest BCUT2D eigenvalue weighted by Gasteiger charge is -1.79. The monoisotopic (exact) mass is 122 g/mol. The van der Waals surface area contributed by atoms with E-state index in [9.17, 15) is 13.2 Å². The Labute approximate surface area is 45.3 Å². The summed E-state index contributed by atoms with van der Waals surface area (Å²) in [5.41, 5.74) is 0. The normalized spacial score (nSPS) is 10.0. The predicted octanol–water partition coefficient (Wildman–Crippen LogP) is 2.64. The zero-order valence-corrected chi connectivity index (χ0v) is 4.29. The smallest absolute Gasteiger partial charge is 0.201 e. The van der Waals surface area contributed by atoms with Crippen LogP contribution in [0.2, 0.25) is 0 Å². The molecule has 0 aromatic carbocycles. The summed E-state index contributed by atoms with van der Waals surface area (Å²) >= 11 is 0. The maximum Gasteiger partial charge on any atom is 0.305 e. The maximum atomic E-state index is 11.6. The van der Waals surface area contributed by atoms with Gasteiger partial charge in [-0.1, -0.05) is 6.08 Å². The summed E-state index contributed by atoms with van der Waals surface area (Å²) < 4.78 is 33.7. The number of rotatable bonds is 1. The average Bonchev–Trinajstić information content (AvgIpc) is 1.67. The van der Waals surface area contributed by atoms with E-state index in [2.05, 4.69) is 0 Å². The van der Waals surface area contributed by atoms with Crippen molar-refractivity contribution in [3.8, 4) is 0 Å². The topological polar surface area (TPSA) is 0 Å². The summed E-state index contributed by atoms with van der Waals surface area (Å²) in [6.07, 6.45) is -0.368. The van der Waals surface area contributed by atoms with Crippen LogP contribution >= 0.6 is 0 Å². The standard InChI is InChI=1S/C5H5F3/c1-2-3-4(6)5(7)8/h2-3H,1H3/b3-2+. The van der Waals surface area contributed by atoms with E-state index in [1.54, 1.807) is 0 Å². The van der Waals surface area contributed by atoms with Gasteiger partial charge < -0.3 is 0 Å². The molecule has 0 fully saturated rings. The molecular formula is C5H5F3. The van der Waals surface area contributed by atoms with Crippen LogP contribution in [-0.2, 0) is 0 Å². The largest absolute Gasteiger partial charge is 0.305 e. The molecule has 0 aliphatic heterocycles.